The molecule has 118 valence electrons. The zero-order valence-electron chi connectivity index (χ0n) is 12.6. The predicted molar refractivity (Wildman–Crippen MR) is 86.3 cm³/mol. The number of hydrogen-bond donors (Lipinski definition) is 0. The zero-order chi connectivity index (χ0) is 16.4. The first-order valence-electron chi connectivity index (χ1n) is 7.02. The molecule has 1 aromatic heterocycles. The van der Waals surface area contributed by atoms with Gasteiger partial charge in [0.05, 0.1) is 0 Å². The van der Waals surface area contributed by atoms with Crippen molar-refractivity contribution in [3.05, 3.63) is 47.5 Å². The second-order valence-corrected chi connectivity index (χ2v) is 5.47. The molecule has 0 amide bonds. The van der Waals surface area contributed by atoms with Crippen molar-refractivity contribution in [3.8, 4) is 17.6 Å². The van der Waals surface area contributed by atoms with E-state index in [1.165, 1.54) is 6.92 Å². The van der Waals surface area contributed by atoms with Crippen LogP contribution in [0, 0.1) is 0 Å². The molecule has 0 aliphatic rings. The summed E-state index contributed by atoms with van der Waals surface area (Å²) < 4.78 is 16.5. The standard InChI is InChI=1S/C17H14ClNO4/c1-10(20)11(2)21-13-4-6-14(7-5-13)22-17-19-15-8-3-12(18)9-16(15)23-17/h3-9,11H,1-2H3. The number of rotatable bonds is 5. The van der Waals surface area contributed by atoms with E-state index < -0.39 is 6.10 Å². The van der Waals surface area contributed by atoms with Gasteiger partial charge in [0.25, 0.3) is 0 Å². The Balaban J connectivity index is 1.73. The molecule has 0 radical (unpaired) electrons. The Hall–Kier alpha value is -2.53. The van der Waals surface area contributed by atoms with Gasteiger partial charge in [0.1, 0.15) is 17.0 Å². The first kappa shape index (κ1) is 15.4. The number of ether oxygens (including phenoxy) is 2. The molecule has 0 aliphatic carbocycles. The van der Waals surface area contributed by atoms with E-state index in [0.717, 1.165) is 0 Å². The van der Waals surface area contributed by atoms with E-state index in [1.54, 1.807) is 49.4 Å². The first-order chi connectivity index (χ1) is 11.0. The van der Waals surface area contributed by atoms with Crippen LogP contribution >= 0.6 is 11.6 Å². The van der Waals surface area contributed by atoms with E-state index in [9.17, 15) is 4.79 Å². The number of hydrogen-bond acceptors (Lipinski definition) is 5. The Morgan fingerprint density at radius 2 is 1.87 bits per heavy atom. The fourth-order valence-electron chi connectivity index (χ4n) is 1.90. The number of ketones is 1. The van der Waals surface area contributed by atoms with Crippen molar-refractivity contribution in [1.82, 2.24) is 4.98 Å². The summed E-state index contributed by atoms with van der Waals surface area (Å²) in [5.74, 6) is 1.10. The highest BCUT2D eigenvalue weighted by molar-refractivity contribution is 6.31. The molecule has 0 fully saturated rings. The third-order valence-electron chi connectivity index (χ3n) is 3.25. The van der Waals surface area contributed by atoms with Gasteiger partial charge in [0, 0.05) is 11.1 Å². The highest BCUT2D eigenvalue weighted by atomic mass is 35.5. The number of oxazole rings is 1. The van der Waals surface area contributed by atoms with Crippen molar-refractivity contribution < 1.29 is 18.7 Å². The number of carbonyl (C=O) groups excluding carboxylic acids is 1. The van der Waals surface area contributed by atoms with E-state index in [4.69, 9.17) is 25.5 Å². The van der Waals surface area contributed by atoms with Crippen LogP contribution in [0.15, 0.2) is 46.9 Å². The minimum Gasteiger partial charge on any atom is -0.483 e. The topological polar surface area (TPSA) is 61.6 Å². The Bertz CT molecular complexity index is 841. The SMILES string of the molecule is CC(=O)C(C)Oc1ccc(Oc2nc3ccc(Cl)cc3o2)cc1. The summed E-state index contributed by atoms with van der Waals surface area (Å²) in [4.78, 5) is 15.4. The lowest BCUT2D eigenvalue weighted by molar-refractivity contribution is -0.122. The third-order valence-corrected chi connectivity index (χ3v) is 3.48. The summed E-state index contributed by atoms with van der Waals surface area (Å²) in [7, 11) is 0. The summed E-state index contributed by atoms with van der Waals surface area (Å²) in [5.41, 5.74) is 1.22. The Morgan fingerprint density at radius 3 is 2.57 bits per heavy atom. The lowest BCUT2D eigenvalue weighted by atomic mass is 10.3. The fourth-order valence-corrected chi connectivity index (χ4v) is 2.06. The molecule has 0 aliphatic heterocycles. The quantitative estimate of drug-likeness (QED) is 0.682. The Morgan fingerprint density at radius 1 is 1.17 bits per heavy atom. The molecule has 0 saturated heterocycles. The predicted octanol–water partition coefficient (Wildman–Crippen LogP) is 4.63. The van der Waals surface area contributed by atoms with Crippen LogP contribution in [0.5, 0.6) is 17.6 Å². The Labute approximate surface area is 137 Å². The summed E-state index contributed by atoms with van der Waals surface area (Å²) in [5, 5.41) is 0.571. The van der Waals surface area contributed by atoms with Gasteiger partial charge in [-0.25, -0.2) is 0 Å². The van der Waals surface area contributed by atoms with Crippen LogP contribution in [0.4, 0.5) is 0 Å². The number of carbonyl (C=O) groups is 1. The highest BCUT2D eigenvalue weighted by Crippen LogP contribution is 2.28. The molecule has 5 nitrogen and oxygen atoms in total. The monoisotopic (exact) mass is 331 g/mol. The van der Waals surface area contributed by atoms with E-state index in [1.807, 2.05) is 0 Å². The number of aromatic nitrogens is 1. The number of halogens is 1. The third kappa shape index (κ3) is 3.63. The molecule has 0 bridgehead atoms. The summed E-state index contributed by atoms with van der Waals surface area (Å²) >= 11 is 5.90. The normalized spacial score (nSPS) is 12.1. The molecule has 6 heteroatoms. The second kappa shape index (κ2) is 6.30. The molecule has 1 atom stereocenters. The molecule has 3 rings (SSSR count). The van der Waals surface area contributed by atoms with Crippen LogP contribution in [0.25, 0.3) is 11.1 Å². The average molecular weight is 332 g/mol. The van der Waals surface area contributed by atoms with Gasteiger partial charge in [-0.1, -0.05) is 11.6 Å². The minimum atomic E-state index is -0.483. The van der Waals surface area contributed by atoms with Gasteiger partial charge in [-0.3, -0.25) is 4.79 Å². The van der Waals surface area contributed by atoms with Crippen LogP contribution in [0.2, 0.25) is 5.02 Å². The fraction of sp³-hybridized carbons (Fsp3) is 0.176. The molecule has 3 aromatic rings. The smallest absolute Gasteiger partial charge is 0.400 e. The van der Waals surface area contributed by atoms with Crippen molar-refractivity contribution in [2.24, 2.45) is 0 Å². The number of Topliss-reactive ketones (excluding diaryl/α,β-unsaturated/α-hetero) is 1. The number of benzene rings is 2. The van der Waals surface area contributed by atoms with Crippen molar-refractivity contribution in [2.45, 2.75) is 20.0 Å². The zero-order valence-corrected chi connectivity index (χ0v) is 13.3. The van der Waals surface area contributed by atoms with Crippen LogP contribution in [-0.2, 0) is 4.79 Å². The molecule has 0 N–H and O–H groups in total. The van der Waals surface area contributed by atoms with Crippen molar-refractivity contribution >= 4 is 28.5 Å². The summed E-state index contributed by atoms with van der Waals surface area (Å²) in [6.45, 7) is 3.19. The van der Waals surface area contributed by atoms with Gasteiger partial charge in [0.15, 0.2) is 17.5 Å². The van der Waals surface area contributed by atoms with Gasteiger partial charge in [-0.2, -0.15) is 4.98 Å². The van der Waals surface area contributed by atoms with Crippen LogP contribution in [0.1, 0.15) is 13.8 Å². The summed E-state index contributed by atoms with van der Waals surface area (Å²) in [6, 6.07) is 12.0. The molecule has 0 spiro atoms. The van der Waals surface area contributed by atoms with Gasteiger partial charge in [-0.15, -0.1) is 0 Å². The number of nitrogens with zero attached hydrogens (tertiary/aromatic N) is 1. The van der Waals surface area contributed by atoms with Gasteiger partial charge >= 0.3 is 6.08 Å². The molecule has 1 unspecified atom stereocenters. The van der Waals surface area contributed by atoms with Crippen LogP contribution < -0.4 is 9.47 Å². The van der Waals surface area contributed by atoms with E-state index in [2.05, 4.69) is 4.98 Å². The minimum absolute atomic E-state index is 0.0320. The molecular formula is C17H14ClNO4. The largest absolute Gasteiger partial charge is 0.483 e. The van der Waals surface area contributed by atoms with Crippen molar-refractivity contribution in [3.63, 3.8) is 0 Å². The van der Waals surface area contributed by atoms with Gasteiger partial charge in [-0.05, 0) is 50.2 Å². The molecule has 2 aromatic carbocycles. The first-order valence-corrected chi connectivity index (χ1v) is 7.40. The maximum Gasteiger partial charge on any atom is 0.400 e. The van der Waals surface area contributed by atoms with Gasteiger partial charge in [0.2, 0.25) is 0 Å². The number of fused-ring (bicyclic) bond motifs is 1. The lowest BCUT2D eigenvalue weighted by Crippen LogP contribution is -2.20. The maximum absolute atomic E-state index is 11.2. The molecule has 1 heterocycles. The molecule has 23 heavy (non-hydrogen) atoms. The molecule has 0 saturated carbocycles. The van der Waals surface area contributed by atoms with E-state index in [0.29, 0.717) is 27.6 Å². The Kier molecular flexibility index (Phi) is 4.21. The average Bonchev–Trinajstić information content (AvgIpc) is 2.90. The maximum atomic E-state index is 11.2. The summed E-state index contributed by atoms with van der Waals surface area (Å²) in [6.07, 6.45) is -0.350. The van der Waals surface area contributed by atoms with Crippen LogP contribution in [0.3, 0.4) is 0 Å². The van der Waals surface area contributed by atoms with Gasteiger partial charge < -0.3 is 13.9 Å². The second-order valence-electron chi connectivity index (χ2n) is 5.04. The lowest BCUT2D eigenvalue weighted by Gasteiger charge is -2.11. The van der Waals surface area contributed by atoms with E-state index >= 15 is 0 Å². The highest BCUT2D eigenvalue weighted by Gasteiger charge is 2.11. The van der Waals surface area contributed by atoms with Crippen molar-refractivity contribution in [1.29, 1.82) is 0 Å². The van der Waals surface area contributed by atoms with Crippen molar-refractivity contribution in [2.75, 3.05) is 0 Å². The van der Waals surface area contributed by atoms with Crippen LogP contribution in [-0.4, -0.2) is 16.9 Å². The van der Waals surface area contributed by atoms with E-state index in [-0.39, 0.29) is 11.9 Å². The molecular weight excluding hydrogens is 318 g/mol.